The molecule has 1 N–H and O–H groups in total. The highest BCUT2D eigenvalue weighted by Gasteiger charge is 2.25. The van der Waals surface area contributed by atoms with Gasteiger partial charge in [0.2, 0.25) is 0 Å². The first kappa shape index (κ1) is 64.4. The molecule has 69 heavy (non-hydrogen) atoms. The Labute approximate surface area is 420 Å². The lowest BCUT2D eigenvalue weighted by atomic mass is 10.1. The Morgan fingerprint density at radius 1 is 0.435 bits per heavy atom. The molecule has 0 aliphatic carbocycles. The van der Waals surface area contributed by atoms with Crippen LogP contribution < -0.4 is 0 Å². The highest BCUT2D eigenvalue weighted by molar-refractivity contribution is 5.71. The van der Waals surface area contributed by atoms with Gasteiger partial charge < -0.3 is 28.5 Å². The number of unbranched alkanes of at least 4 members (excludes halogenated alkanes) is 9. The summed E-state index contributed by atoms with van der Waals surface area (Å²) < 4.78 is 22.8. The Morgan fingerprint density at radius 2 is 0.783 bits per heavy atom. The summed E-state index contributed by atoms with van der Waals surface area (Å²) >= 11 is 0. The number of carboxylic acids is 1. The lowest BCUT2D eigenvalue weighted by molar-refractivity contribution is -0.870. The number of allylic oxidation sites excluding steroid dienone is 22. The van der Waals surface area contributed by atoms with E-state index >= 15 is 0 Å². The van der Waals surface area contributed by atoms with Crippen molar-refractivity contribution >= 4 is 17.9 Å². The van der Waals surface area contributed by atoms with E-state index < -0.39 is 24.3 Å². The fourth-order valence-electron chi connectivity index (χ4n) is 6.39. The smallest absolute Gasteiger partial charge is 0.361 e. The first-order valence-corrected chi connectivity index (χ1v) is 26.3. The van der Waals surface area contributed by atoms with E-state index in [2.05, 4.69) is 148 Å². The predicted molar refractivity (Wildman–Crippen MR) is 290 cm³/mol. The summed E-state index contributed by atoms with van der Waals surface area (Å²) in [5.41, 5.74) is 0. The quantitative estimate of drug-likeness (QED) is 0.0211. The predicted octanol–water partition coefficient (Wildman–Crippen LogP) is 15.1. The Kier molecular flexibility index (Phi) is 46.5. The Morgan fingerprint density at radius 3 is 1.16 bits per heavy atom. The van der Waals surface area contributed by atoms with Crippen molar-refractivity contribution in [1.82, 2.24) is 0 Å². The molecule has 0 aliphatic heterocycles. The Balaban J connectivity index is 4.43. The van der Waals surface area contributed by atoms with Crippen LogP contribution in [0.1, 0.15) is 168 Å². The average Bonchev–Trinajstić information content (AvgIpc) is 3.31. The van der Waals surface area contributed by atoms with Crippen LogP contribution in [0.2, 0.25) is 0 Å². The average molecular weight is 959 g/mol. The van der Waals surface area contributed by atoms with E-state index in [4.69, 9.17) is 18.9 Å². The molecule has 0 aliphatic rings. The summed E-state index contributed by atoms with van der Waals surface area (Å²) in [5, 5.41) is 9.68. The van der Waals surface area contributed by atoms with Crippen LogP contribution in [0.5, 0.6) is 0 Å². The van der Waals surface area contributed by atoms with Crippen LogP contribution in [0.3, 0.4) is 0 Å². The highest BCUT2D eigenvalue weighted by Crippen LogP contribution is 2.12. The fourth-order valence-corrected chi connectivity index (χ4v) is 6.39. The first-order valence-electron chi connectivity index (χ1n) is 26.3. The highest BCUT2D eigenvalue weighted by atomic mass is 16.7. The van der Waals surface area contributed by atoms with Crippen LogP contribution in [0.25, 0.3) is 0 Å². The van der Waals surface area contributed by atoms with Crippen molar-refractivity contribution in [1.29, 1.82) is 0 Å². The maximum Gasteiger partial charge on any atom is 0.361 e. The van der Waals surface area contributed by atoms with Gasteiger partial charge in [-0.2, -0.15) is 0 Å². The second kappa shape index (κ2) is 49.8. The van der Waals surface area contributed by atoms with Gasteiger partial charge in [0, 0.05) is 12.8 Å². The van der Waals surface area contributed by atoms with E-state index in [9.17, 15) is 19.5 Å². The lowest BCUT2D eigenvalue weighted by Gasteiger charge is -2.25. The molecule has 0 amide bonds. The normalized spacial score (nSPS) is 13.9. The number of hydrogen-bond acceptors (Lipinski definition) is 7. The van der Waals surface area contributed by atoms with E-state index in [1.165, 1.54) is 0 Å². The lowest BCUT2D eigenvalue weighted by Crippen LogP contribution is -2.40. The number of ether oxygens (including phenoxy) is 4. The molecule has 0 aromatic carbocycles. The zero-order valence-corrected chi connectivity index (χ0v) is 43.9. The zero-order valence-electron chi connectivity index (χ0n) is 43.9. The van der Waals surface area contributed by atoms with Gasteiger partial charge in [-0.25, -0.2) is 4.79 Å². The van der Waals surface area contributed by atoms with Crippen LogP contribution in [0, 0.1) is 0 Å². The molecule has 0 bridgehead atoms. The van der Waals surface area contributed by atoms with Crippen molar-refractivity contribution in [3.8, 4) is 0 Å². The standard InChI is InChI=1S/C60H95NO8/c1-6-8-10-12-14-16-18-20-22-24-25-26-27-28-29-30-31-32-33-35-37-39-41-43-45-47-49-51-58(63)69-56(55-68-60(59(64)65)66-53-52-61(3,4)5)54-67-57(62)50-48-46-44-42-40-38-36-34-23-21-19-17-15-13-11-9-7-2/h8-11,14-17,20-23,25-26,28-29,31-32,35-38,56,60H,6-7,12-13,18-19,24,27,30,33-34,39-55H2,1-5H3/p+1/b10-8-,11-9-,16-14-,17-15-,22-20-,23-21-,26-25-,29-28-,32-31-,37-35-,38-36-. The monoisotopic (exact) mass is 959 g/mol. The molecule has 0 aromatic rings. The summed E-state index contributed by atoms with van der Waals surface area (Å²) in [7, 11) is 5.93. The number of nitrogens with zero attached hydrogens (tertiary/aromatic N) is 1. The molecular weight excluding hydrogens is 863 g/mol. The van der Waals surface area contributed by atoms with Gasteiger partial charge in [0.05, 0.1) is 34.4 Å². The van der Waals surface area contributed by atoms with Crippen molar-refractivity contribution in [3.05, 3.63) is 134 Å². The second-order valence-corrected chi connectivity index (χ2v) is 18.1. The van der Waals surface area contributed by atoms with Crippen LogP contribution in [-0.2, 0) is 33.3 Å². The second-order valence-electron chi connectivity index (χ2n) is 18.1. The molecule has 0 fully saturated rings. The molecule has 0 heterocycles. The molecule has 0 aromatic heterocycles. The molecule has 0 spiro atoms. The van der Waals surface area contributed by atoms with E-state index in [0.717, 1.165) is 128 Å². The molecule has 2 unspecified atom stereocenters. The third-order valence-electron chi connectivity index (χ3n) is 10.4. The van der Waals surface area contributed by atoms with E-state index in [0.29, 0.717) is 23.9 Å². The van der Waals surface area contributed by atoms with Gasteiger partial charge in [-0.3, -0.25) is 9.59 Å². The number of carboxylic acid groups (broad SMARTS) is 1. The van der Waals surface area contributed by atoms with E-state index in [1.807, 2.05) is 21.1 Å². The van der Waals surface area contributed by atoms with Crippen LogP contribution in [-0.4, -0.2) is 87.4 Å². The van der Waals surface area contributed by atoms with Crippen molar-refractivity contribution in [3.63, 3.8) is 0 Å². The third kappa shape index (κ3) is 51.1. The number of carbonyl (C=O) groups excluding carboxylic acids is 2. The number of hydrogen-bond donors (Lipinski definition) is 1. The molecule has 0 saturated carbocycles. The Bertz CT molecular complexity index is 1590. The number of likely N-dealkylation sites (N-methyl/N-ethyl adjacent to an activating group) is 1. The summed E-state index contributed by atoms with van der Waals surface area (Å²) in [6.07, 6.45) is 68.0. The van der Waals surface area contributed by atoms with Crippen LogP contribution in [0.4, 0.5) is 0 Å². The minimum absolute atomic E-state index is 0.171. The van der Waals surface area contributed by atoms with Crippen LogP contribution in [0.15, 0.2) is 134 Å². The molecule has 2 atom stereocenters. The van der Waals surface area contributed by atoms with Crippen molar-refractivity contribution < 1.29 is 42.9 Å². The van der Waals surface area contributed by atoms with Crippen LogP contribution >= 0.6 is 0 Å². The number of carbonyl (C=O) groups is 3. The minimum atomic E-state index is -1.53. The summed E-state index contributed by atoms with van der Waals surface area (Å²) in [6.45, 7) is 4.56. The van der Waals surface area contributed by atoms with Gasteiger partial charge in [0.25, 0.3) is 6.29 Å². The van der Waals surface area contributed by atoms with Gasteiger partial charge in [-0.05, 0) is 109 Å². The SMILES string of the molecule is CC/C=C\C/C=C\C/C=C\C/C=C\C/C=C\C/C=C\C/C=C\CCCCCCCC(=O)OC(COC(=O)CCCCCC/C=C\C/C=C\C/C=C\C/C=C\CC)COC(OCC[N+](C)(C)C)C(=O)O. The van der Waals surface area contributed by atoms with Gasteiger partial charge in [0.1, 0.15) is 13.2 Å². The molecule has 0 saturated heterocycles. The first-order chi connectivity index (χ1) is 33.6. The number of esters is 2. The maximum absolute atomic E-state index is 12.8. The van der Waals surface area contributed by atoms with E-state index in [1.54, 1.807) is 0 Å². The van der Waals surface area contributed by atoms with E-state index in [-0.39, 0.29) is 38.6 Å². The minimum Gasteiger partial charge on any atom is -0.477 e. The van der Waals surface area contributed by atoms with Crippen molar-refractivity contribution in [2.45, 2.75) is 180 Å². The van der Waals surface area contributed by atoms with Gasteiger partial charge >= 0.3 is 17.9 Å². The molecule has 388 valence electrons. The fraction of sp³-hybridized carbons (Fsp3) is 0.583. The molecule has 0 rings (SSSR count). The van der Waals surface area contributed by atoms with Gasteiger partial charge in [0.15, 0.2) is 6.10 Å². The summed E-state index contributed by atoms with van der Waals surface area (Å²) in [6, 6.07) is 0. The molecule has 0 radical (unpaired) electrons. The zero-order chi connectivity index (χ0) is 50.6. The third-order valence-corrected chi connectivity index (χ3v) is 10.4. The molecule has 9 nitrogen and oxygen atoms in total. The maximum atomic E-state index is 12.8. The topological polar surface area (TPSA) is 108 Å². The summed E-state index contributed by atoms with van der Waals surface area (Å²) in [5.74, 6) is -2.09. The molecular formula is C60H96NO8+. The molecule has 9 heteroatoms. The van der Waals surface area contributed by atoms with Gasteiger partial charge in [-0.1, -0.05) is 180 Å². The van der Waals surface area contributed by atoms with Crippen molar-refractivity contribution in [2.24, 2.45) is 0 Å². The Hall–Kier alpha value is -4.57. The number of aliphatic carboxylic acids is 1. The van der Waals surface area contributed by atoms with Crippen molar-refractivity contribution in [2.75, 3.05) is 47.5 Å². The summed E-state index contributed by atoms with van der Waals surface area (Å²) in [4.78, 5) is 37.3. The number of quaternary nitrogens is 1. The number of rotatable bonds is 46. The largest absolute Gasteiger partial charge is 0.477 e. The van der Waals surface area contributed by atoms with Gasteiger partial charge in [-0.15, -0.1) is 0 Å².